The fraction of sp³-hybridized carbons (Fsp3) is 0.160. The Morgan fingerprint density at radius 2 is 1.35 bits per heavy atom. The second-order valence-electron chi connectivity index (χ2n) is 7.08. The van der Waals surface area contributed by atoms with Gasteiger partial charge in [0, 0.05) is 5.56 Å². The summed E-state index contributed by atoms with van der Waals surface area (Å²) in [7, 11) is 4.36. The lowest BCUT2D eigenvalue weighted by atomic mass is 10.1. The zero-order valence-electron chi connectivity index (χ0n) is 19.0. The van der Waals surface area contributed by atoms with Crippen LogP contribution < -0.4 is 30.4 Å². The maximum atomic E-state index is 12.9. The Balaban J connectivity index is 1.72. The third kappa shape index (κ3) is 5.83. The summed E-state index contributed by atoms with van der Waals surface area (Å²) in [5.74, 6) is -0.459. The first-order chi connectivity index (χ1) is 16.5. The summed E-state index contributed by atoms with van der Waals surface area (Å²) in [6.45, 7) is 0. The van der Waals surface area contributed by atoms with E-state index in [0.717, 1.165) is 5.56 Å². The lowest BCUT2D eigenvalue weighted by Crippen LogP contribution is -2.42. The van der Waals surface area contributed by atoms with E-state index in [1.807, 2.05) is 30.3 Å². The van der Waals surface area contributed by atoms with Crippen LogP contribution in [-0.4, -0.2) is 39.1 Å². The summed E-state index contributed by atoms with van der Waals surface area (Å²) in [4.78, 5) is 37.8. The molecule has 9 heteroatoms. The molecule has 0 aliphatic carbocycles. The van der Waals surface area contributed by atoms with Gasteiger partial charge in [-0.15, -0.1) is 0 Å². The average Bonchev–Trinajstić information content (AvgIpc) is 2.87. The van der Waals surface area contributed by atoms with Crippen LogP contribution in [0.15, 0.2) is 66.7 Å². The summed E-state index contributed by atoms with van der Waals surface area (Å²) in [5.41, 5.74) is 6.24. The third-order valence-electron chi connectivity index (χ3n) is 4.87. The lowest BCUT2D eigenvalue weighted by molar-refractivity contribution is -0.121. The fourth-order valence-corrected chi connectivity index (χ4v) is 3.22. The van der Waals surface area contributed by atoms with E-state index in [-0.39, 0.29) is 29.1 Å². The number of methoxy groups -OCH3 is 3. The third-order valence-corrected chi connectivity index (χ3v) is 4.87. The first-order valence-electron chi connectivity index (χ1n) is 10.3. The van der Waals surface area contributed by atoms with E-state index in [2.05, 4.69) is 16.2 Å². The van der Waals surface area contributed by atoms with Crippen molar-refractivity contribution in [2.45, 2.75) is 6.42 Å². The molecule has 0 heterocycles. The molecule has 0 bridgehead atoms. The minimum atomic E-state index is -0.581. The van der Waals surface area contributed by atoms with Crippen LogP contribution >= 0.6 is 0 Å². The molecule has 0 radical (unpaired) electrons. The number of anilines is 1. The number of carbonyl (C=O) groups is 3. The largest absolute Gasteiger partial charge is 0.493 e. The van der Waals surface area contributed by atoms with Crippen LogP contribution in [0.1, 0.15) is 26.3 Å². The molecule has 0 fully saturated rings. The standard InChI is InChI=1S/C25H25N3O6/c1-32-20-14-17(15-21(33-2)23(20)34-3)24(30)26-19-12-8-7-11-18(19)25(31)28-27-22(29)13-16-9-5-4-6-10-16/h4-12,14-15H,13H2,1-3H3,(H,26,30)(H,27,29)(H,28,31). The Labute approximate surface area is 197 Å². The Morgan fingerprint density at radius 3 is 1.97 bits per heavy atom. The van der Waals surface area contributed by atoms with Crippen LogP contribution in [0.25, 0.3) is 0 Å². The van der Waals surface area contributed by atoms with Crippen LogP contribution in [0, 0.1) is 0 Å². The Hall–Kier alpha value is -4.53. The zero-order valence-corrected chi connectivity index (χ0v) is 19.0. The van der Waals surface area contributed by atoms with Gasteiger partial charge >= 0.3 is 0 Å². The zero-order chi connectivity index (χ0) is 24.5. The van der Waals surface area contributed by atoms with Crippen LogP contribution in [0.2, 0.25) is 0 Å². The van der Waals surface area contributed by atoms with Crippen LogP contribution in [0.5, 0.6) is 17.2 Å². The molecule has 0 atom stereocenters. The van der Waals surface area contributed by atoms with Gasteiger partial charge in [0.1, 0.15) is 0 Å². The SMILES string of the molecule is COc1cc(C(=O)Nc2ccccc2C(=O)NNC(=O)Cc2ccccc2)cc(OC)c1OC. The highest BCUT2D eigenvalue weighted by Gasteiger charge is 2.19. The molecule has 0 aliphatic rings. The lowest BCUT2D eigenvalue weighted by Gasteiger charge is -2.15. The molecule has 9 nitrogen and oxygen atoms in total. The molecule has 0 saturated carbocycles. The summed E-state index contributed by atoms with van der Waals surface area (Å²) >= 11 is 0. The minimum absolute atomic E-state index is 0.112. The molecular weight excluding hydrogens is 438 g/mol. The maximum absolute atomic E-state index is 12.9. The molecule has 0 aliphatic heterocycles. The van der Waals surface area contributed by atoms with Gasteiger partial charge in [-0.3, -0.25) is 25.2 Å². The molecule has 3 aromatic rings. The highest BCUT2D eigenvalue weighted by molar-refractivity contribution is 6.09. The summed E-state index contributed by atoms with van der Waals surface area (Å²) in [6.07, 6.45) is 0.112. The highest BCUT2D eigenvalue weighted by atomic mass is 16.5. The van der Waals surface area contributed by atoms with E-state index in [1.54, 1.807) is 18.2 Å². The molecule has 3 amide bonds. The van der Waals surface area contributed by atoms with Gasteiger partial charge in [0.15, 0.2) is 11.5 Å². The molecule has 0 aromatic heterocycles. The topological polar surface area (TPSA) is 115 Å². The monoisotopic (exact) mass is 463 g/mol. The van der Waals surface area contributed by atoms with Crippen molar-refractivity contribution in [3.8, 4) is 17.2 Å². The van der Waals surface area contributed by atoms with Crippen molar-refractivity contribution in [2.24, 2.45) is 0 Å². The number of carbonyl (C=O) groups excluding carboxylic acids is 3. The quantitative estimate of drug-likeness (QED) is 0.443. The van der Waals surface area contributed by atoms with E-state index in [0.29, 0.717) is 17.2 Å². The van der Waals surface area contributed by atoms with Gasteiger partial charge in [-0.1, -0.05) is 42.5 Å². The minimum Gasteiger partial charge on any atom is -0.493 e. The van der Waals surface area contributed by atoms with Gasteiger partial charge in [0.2, 0.25) is 11.7 Å². The number of rotatable bonds is 8. The van der Waals surface area contributed by atoms with E-state index in [1.165, 1.54) is 39.5 Å². The molecule has 3 rings (SSSR count). The van der Waals surface area contributed by atoms with E-state index >= 15 is 0 Å². The normalized spacial score (nSPS) is 10.1. The maximum Gasteiger partial charge on any atom is 0.271 e. The Bertz CT molecular complexity index is 1160. The number of para-hydroxylation sites is 1. The molecular formula is C25H25N3O6. The molecule has 0 unspecified atom stereocenters. The van der Waals surface area contributed by atoms with Crippen LogP contribution in [0.3, 0.4) is 0 Å². The predicted octanol–water partition coefficient (Wildman–Crippen LogP) is 2.97. The molecule has 34 heavy (non-hydrogen) atoms. The first kappa shape index (κ1) is 24.1. The molecule has 3 aromatic carbocycles. The van der Waals surface area contributed by atoms with Crippen molar-refractivity contribution in [1.82, 2.24) is 10.9 Å². The molecule has 0 spiro atoms. The van der Waals surface area contributed by atoms with Gasteiger partial charge in [-0.2, -0.15) is 0 Å². The van der Waals surface area contributed by atoms with E-state index < -0.39 is 11.8 Å². The second-order valence-corrected chi connectivity index (χ2v) is 7.08. The van der Waals surface area contributed by atoms with Crippen molar-refractivity contribution in [1.29, 1.82) is 0 Å². The number of hydrogen-bond acceptors (Lipinski definition) is 6. The van der Waals surface area contributed by atoms with Crippen molar-refractivity contribution in [2.75, 3.05) is 26.6 Å². The van der Waals surface area contributed by atoms with E-state index in [9.17, 15) is 14.4 Å². The number of ether oxygens (including phenoxy) is 3. The van der Waals surface area contributed by atoms with Gasteiger partial charge in [0.25, 0.3) is 11.8 Å². The molecule has 0 saturated heterocycles. The summed E-state index contributed by atoms with van der Waals surface area (Å²) in [5, 5.41) is 2.71. The highest BCUT2D eigenvalue weighted by Crippen LogP contribution is 2.38. The van der Waals surface area contributed by atoms with Gasteiger partial charge in [-0.05, 0) is 29.8 Å². The number of nitrogens with one attached hydrogen (secondary N) is 3. The number of benzene rings is 3. The van der Waals surface area contributed by atoms with Gasteiger partial charge in [-0.25, -0.2) is 0 Å². The predicted molar refractivity (Wildman–Crippen MR) is 126 cm³/mol. The van der Waals surface area contributed by atoms with Gasteiger partial charge in [0.05, 0.1) is 39.0 Å². The smallest absolute Gasteiger partial charge is 0.271 e. The summed E-state index contributed by atoms with van der Waals surface area (Å²) < 4.78 is 15.9. The second kappa shape index (κ2) is 11.4. The van der Waals surface area contributed by atoms with Crippen molar-refractivity contribution in [3.05, 3.63) is 83.4 Å². The van der Waals surface area contributed by atoms with Crippen molar-refractivity contribution < 1.29 is 28.6 Å². The molecule has 3 N–H and O–H groups in total. The summed E-state index contributed by atoms with van der Waals surface area (Å²) in [6, 6.07) is 18.6. The van der Waals surface area contributed by atoms with Crippen LogP contribution in [0.4, 0.5) is 5.69 Å². The Kier molecular flexibility index (Phi) is 8.07. The van der Waals surface area contributed by atoms with Crippen molar-refractivity contribution in [3.63, 3.8) is 0 Å². The van der Waals surface area contributed by atoms with Crippen molar-refractivity contribution >= 4 is 23.4 Å². The number of hydrogen-bond donors (Lipinski definition) is 3. The molecule has 176 valence electrons. The van der Waals surface area contributed by atoms with E-state index in [4.69, 9.17) is 14.2 Å². The average molecular weight is 463 g/mol. The fourth-order valence-electron chi connectivity index (χ4n) is 3.22. The number of amides is 3. The number of hydrazine groups is 1. The van der Waals surface area contributed by atoms with Gasteiger partial charge < -0.3 is 19.5 Å². The Morgan fingerprint density at radius 1 is 0.735 bits per heavy atom. The van der Waals surface area contributed by atoms with Crippen LogP contribution in [-0.2, 0) is 11.2 Å². The first-order valence-corrected chi connectivity index (χ1v) is 10.3.